The van der Waals surface area contributed by atoms with Crippen molar-refractivity contribution in [3.63, 3.8) is 0 Å². The van der Waals surface area contributed by atoms with Crippen LogP contribution in [-0.4, -0.2) is 52.4 Å². The minimum Gasteiger partial charge on any atom is -0.335 e. The van der Waals surface area contributed by atoms with Crippen LogP contribution in [0, 0.1) is 5.92 Å². The maximum absolute atomic E-state index is 13.5. The standard InChI is InChI=1S/C22H27ClN4O5S/c1-13-18(12-25(13)19(28)10-23)27-20(29)16-9-15(33(31,32)24-22(2)7-8-22)5-6-17(16)26(21(27)30)11-14-3-4-14/h5-6,9,13-14,18,24H,3-4,7-8,10-12H2,1-2H3. The minimum atomic E-state index is -3.81. The van der Waals surface area contributed by atoms with Gasteiger partial charge in [0.05, 0.1) is 27.9 Å². The number of hydrogen-bond donors (Lipinski definition) is 1. The third-order valence-electron chi connectivity index (χ3n) is 7.17. The third kappa shape index (κ3) is 3.91. The van der Waals surface area contributed by atoms with Gasteiger partial charge in [-0.2, -0.15) is 0 Å². The lowest BCUT2D eigenvalue weighted by molar-refractivity contribution is -0.139. The van der Waals surface area contributed by atoms with Crippen LogP contribution in [0.25, 0.3) is 10.9 Å². The first-order valence-corrected chi connectivity index (χ1v) is 13.2. The van der Waals surface area contributed by atoms with Gasteiger partial charge in [-0.05, 0) is 63.6 Å². The zero-order valence-corrected chi connectivity index (χ0v) is 20.2. The summed E-state index contributed by atoms with van der Waals surface area (Å²) in [6, 6.07) is 3.53. The molecule has 3 aliphatic rings. The number of sulfonamides is 1. The quantitative estimate of drug-likeness (QED) is 0.585. The zero-order valence-electron chi connectivity index (χ0n) is 18.6. The van der Waals surface area contributed by atoms with E-state index >= 15 is 0 Å². The molecular formula is C22H27ClN4O5S. The summed E-state index contributed by atoms with van der Waals surface area (Å²) in [6.07, 6.45) is 3.56. The molecule has 1 amide bonds. The summed E-state index contributed by atoms with van der Waals surface area (Å²) in [7, 11) is -3.81. The van der Waals surface area contributed by atoms with Crippen LogP contribution in [0.1, 0.15) is 45.6 Å². The van der Waals surface area contributed by atoms with Gasteiger partial charge in [-0.1, -0.05) is 0 Å². The zero-order chi connectivity index (χ0) is 23.7. The summed E-state index contributed by atoms with van der Waals surface area (Å²) in [4.78, 5) is 40.5. The van der Waals surface area contributed by atoms with E-state index in [9.17, 15) is 22.8 Å². The summed E-state index contributed by atoms with van der Waals surface area (Å²) in [5.74, 6) is -0.0478. The molecule has 2 aromatic rings. The lowest BCUT2D eigenvalue weighted by Crippen LogP contribution is -2.62. The molecule has 0 radical (unpaired) electrons. The van der Waals surface area contributed by atoms with Crippen LogP contribution in [-0.2, 0) is 21.4 Å². The summed E-state index contributed by atoms with van der Waals surface area (Å²) in [6.45, 7) is 4.32. The lowest BCUT2D eigenvalue weighted by Gasteiger charge is -2.46. The smallest absolute Gasteiger partial charge is 0.331 e. The third-order valence-corrected chi connectivity index (χ3v) is 9.04. The van der Waals surface area contributed by atoms with E-state index in [1.165, 1.54) is 16.7 Å². The van der Waals surface area contributed by atoms with Crippen molar-refractivity contribution < 1.29 is 13.2 Å². The van der Waals surface area contributed by atoms with Crippen LogP contribution in [0.2, 0.25) is 0 Å². The number of rotatable bonds is 7. The second-order valence-corrected chi connectivity index (χ2v) is 11.8. The molecular weight excluding hydrogens is 468 g/mol. The number of carbonyl (C=O) groups is 1. The Morgan fingerprint density at radius 2 is 1.94 bits per heavy atom. The number of nitrogens with one attached hydrogen (secondary N) is 1. The van der Waals surface area contributed by atoms with Crippen LogP contribution in [0.4, 0.5) is 0 Å². The number of aromatic nitrogens is 2. The Hall–Kier alpha value is -2.17. The fourth-order valence-electron chi connectivity index (χ4n) is 4.53. The highest BCUT2D eigenvalue weighted by Crippen LogP contribution is 2.36. The van der Waals surface area contributed by atoms with Crippen LogP contribution in [0.3, 0.4) is 0 Å². The molecule has 2 aliphatic carbocycles. The molecule has 33 heavy (non-hydrogen) atoms. The van der Waals surface area contributed by atoms with Crippen LogP contribution < -0.4 is 16.0 Å². The topological polar surface area (TPSA) is 110 Å². The number of halogens is 1. The molecule has 1 aromatic carbocycles. The summed E-state index contributed by atoms with van der Waals surface area (Å²) in [5.41, 5.74) is -0.969. The van der Waals surface area contributed by atoms with Gasteiger partial charge in [0.2, 0.25) is 15.9 Å². The van der Waals surface area contributed by atoms with E-state index in [1.54, 1.807) is 22.5 Å². The van der Waals surface area contributed by atoms with Gasteiger partial charge in [0.1, 0.15) is 5.88 Å². The fraction of sp³-hybridized carbons (Fsp3) is 0.591. The minimum absolute atomic E-state index is 0.00370. The normalized spacial score (nSPS) is 24.0. The first-order valence-electron chi connectivity index (χ1n) is 11.2. The fourth-order valence-corrected chi connectivity index (χ4v) is 6.18. The number of benzene rings is 1. The Labute approximate surface area is 196 Å². The molecule has 2 saturated carbocycles. The molecule has 11 heteroatoms. The van der Waals surface area contributed by atoms with Gasteiger partial charge in [0, 0.05) is 18.6 Å². The van der Waals surface area contributed by atoms with E-state index in [2.05, 4.69) is 4.72 Å². The monoisotopic (exact) mass is 494 g/mol. The second-order valence-electron chi connectivity index (χ2n) is 9.84. The van der Waals surface area contributed by atoms with E-state index in [0.29, 0.717) is 18.0 Å². The Balaban J connectivity index is 1.63. The van der Waals surface area contributed by atoms with Gasteiger partial charge in [0.15, 0.2) is 0 Å². The molecule has 2 atom stereocenters. The van der Waals surface area contributed by atoms with Crippen molar-refractivity contribution in [1.29, 1.82) is 0 Å². The highest BCUT2D eigenvalue weighted by molar-refractivity contribution is 7.89. The number of carbonyl (C=O) groups excluding carboxylic acids is 1. The molecule has 1 N–H and O–H groups in total. The van der Waals surface area contributed by atoms with E-state index < -0.39 is 32.9 Å². The molecule has 178 valence electrons. The van der Waals surface area contributed by atoms with Crippen molar-refractivity contribution in [2.75, 3.05) is 12.4 Å². The Kier molecular flexibility index (Phi) is 5.26. The van der Waals surface area contributed by atoms with Crippen molar-refractivity contribution in [3.8, 4) is 0 Å². The summed E-state index contributed by atoms with van der Waals surface area (Å²) >= 11 is 5.67. The highest BCUT2D eigenvalue weighted by atomic mass is 35.5. The van der Waals surface area contributed by atoms with Gasteiger partial charge < -0.3 is 4.90 Å². The first kappa shape index (κ1) is 22.6. The van der Waals surface area contributed by atoms with Gasteiger partial charge in [-0.25, -0.2) is 17.9 Å². The number of fused-ring (bicyclic) bond motifs is 1. The van der Waals surface area contributed by atoms with Gasteiger partial charge >= 0.3 is 5.69 Å². The van der Waals surface area contributed by atoms with E-state index in [0.717, 1.165) is 25.7 Å². The number of hydrogen-bond acceptors (Lipinski definition) is 5. The molecule has 1 aromatic heterocycles. The number of amides is 1. The van der Waals surface area contributed by atoms with E-state index in [1.807, 2.05) is 6.92 Å². The van der Waals surface area contributed by atoms with Gasteiger partial charge in [-0.15, -0.1) is 11.6 Å². The number of alkyl halides is 1. The largest absolute Gasteiger partial charge is 0.335 e. The lowest BCUT2D eigenvalue weighted by atomic mass is 9.97. The molecule has 9 nitrogen and oxygen atoms in total. The van der Waals surface area contributed by atoms with Crippen LogP contribution in [0.15, 0.2) is 32.7 Å². The Morgan fingerprint density at radius 3 is 2.52 bits per heavy atom. The Bertz CT molecular complexity index is 1370. The predicted octanol–water partition coefficient (Wildman–Crippen LogP) is 1.41. The average molecular weight is 495 g/mol. The predicted molar refractivity (Wildman–Crippen MR) is 124 cm³/mol. The molecule has 5 rings (SSSR count). The molecule has 2 heterocycles. The molecule has 1 aliphatic heterocycles. The molecule has 0 spiro atoms. The van der Waals surface area contributed by atoms with Crippen molar-refractivity contribution in [2.45, 2.75) is 68.6 Å². The van der Waals surface area contributed by atoms with Gasteiger partial charge in [-0.3, -0.25) is 18.7 Å². The van der Waals surface area contributed by atoms with E-state index in [4.69, 9.17) is 11.6 Å². The SMILES string of the molecule is CC1C(n2c(=O)c3cc(S(=O)(=O)NC4(C)CC4)ccc3n(CC3CC3)c2=O)CN1C(=O)CCl. The number of likely N-dealkylation sites (tertiary alicyclic amines) is 1. The first-order chi connectivity index (χ1) is 15.5. The van der Waals surface area contributed by atoms with Crippen molar-refractivity contribution in [3.05, 3.63) is 39.0 Å². The summed E-state index contributed by atoms with van der Waals surface area (Å²) < 4.78 is 31.3. The van der Waals surface area contributed by atoms with Crippen LogP contribution in [0.5, 0.6) is 0 Å². The average Bonchev–Trinajstić information content (AvgIpc) is 3.70. The molecule has 3 fully saturated rings. The van der Waals surface area contributed by atoms with Crippen molar-refractivity contribution in [2.24, 2.45) is 5.92 Å². The van der Waals surface area contributed by atoms with E-state index in [-0.39, 0.29) is 34.7 Å². The summed E-state index contributed by atoms with van der Waals surface area (Å²) in [5, 5.41) is 0.188. The van der Waals surface area contributed by atoms with Crippen molar-refractivity contribution in [1.82, 2.24) is 18.8 Å². The maximum atomic E-state index is 13.5. The highest BCUT2D eigenvalue weighted by Gasteiger charge is 2.43. The Morgan fingerprint density at radius 1 is 1.24 bits per heavy atom. The maximum Gasteiger partial charge on any atom is 0.331 e. The second kappa shape index (κ2) is 7.68. The van der Waals surface area contributed by atoms with Crippen molar-refractivity contribution >= 4 is 38.4 Å². The molecule has 0 bridgehead atoms. The van der Waals surface area contributed by atoms with Crippen LogP contribution >= 0.6 is 11.6 Å². The number of nitrogens with zero attached hydrogens (tertiary/aromatic N) is 3. The molecule has 2 unspecified atom stereocenters. The van der Waals surface area contributed by atoms with Gasteiger partial charge in [0.25, 0.3) is 5.56 Å². The molecule has 1 saturated heterocycles.